The summed E-state index contributed by atoms with van der Waals surface area (Å²) in [5.41, 5.74) is 2.84. The Bertz CT molecular complexity index is 1530. The van der Waals surface area contributed by atoms with Crippen LogP contribution in [0.2, 0.25) is 0 Å². The van der Waals surface area contributed by atoms with Gasteiger partial charge in [0.05, 0.1) is 17.4 Å². The van der Waals surface area contributed by atoms with Crippen LogP contribution in [0.15, 0.2) is 71.8 Å². The summed E-state index contributed by atoms with van der Waals surface area (Å²) >= 11 is 0. The minimum atomic E-state index is -3.83. The topological polar surface area (TPSA) is 90.7 Å². The van der Waals surface area contributed by atoms with E-state index in [-0.39, 0.29) is 16.9 Å². The highest BCUT2D eigenvalue weighted by molar-refractivity contribution is 7.90. The number of ether oxygens (including phenoxy) is 2. The van der Waals surface area contributed by atoms with Crippen LogP contribution in [0.5, 0.6) is 11.5 Å². The fourth-order valence-electron chi connectivity index (χ4n) is 4.61. The number of hydrogen-bond donors (Lipinski definition) is 0. The summed E-state index contributed by atoms with van der Waals surface area (Å²) in [7, 11) is -0.569. The number of methoxy groups -OCH3 is 1. The second kappa shape index (κ2) is 8.74. The number of aromatic nitrogens is 2. The molecule has 0 saturated heterocycles. The number of esters is 1. The van der Waals surface area contributed by atoms with E-state index in [0.717, 1.165) is 17.7 Å². The van der Waals surface area contributed by atoms with Crippen LogP contribution in [-0.2, 0) is 26.0 Å². The second-order valence-electron chi connectivity index (χ2n) is 8.50. The molecule has 3 heterocycles. The lowest BCUT2D eigenvalue weighted by Crippen LogP contribution is -2.42. The Morgan fingerprint density at radius 1 is 1.09 bits per heavy atom. The van der Waals surface area contributed by atoms with E-state index in [2.05, 4.69) is 4.98 Å². The van der Waals surface area contributed by atoms with Crippen LogP contribution in [0, 0.1) is 6.92 Å². The van der Waals surface area contributed by atoms with Gasteiger partial charge in [0.2, 0.25) is 0 Å². The molecule has 0 aliphatic carbocycles. The van der Waals surface area contributed by atoms with Crippen molar-refractivity contribution in [1.29, 1.82) is 0 Å². The maximum absolute atomic E-state index is 13.3. The monoisotopic (exact) mass is 491 g/mol. The van der Waals surface area contributed by atoms with Crippen LogP contribution in [0.3, 0.4) is 0 Å². The molecule has 0 N–H and O–H groups in total. The van der Waals surface area contributed by atoms with Gasteiger partial charge in [-0.1, -0.05) is 24.3 Å². The van der Waals surface area contributed by atoms with Crippen molar-refractivity contribution in [3.05, 3.63) is 78.1 Å². The van der Waals surface area contributed by atoms with Gasteiger partial charge < -0.3 is 14.4 Å². The van der Waals surface area contributed by atoms with E-state index < -0.39 is 10.0 Å². The molecule has 0 bridgehead atoms. The number of pyridine rings is 1. The molecule has 2 aromatic heterocycles. The molecule has 35 heavy (non-hydrogen) atoms. The van der Waals surface area contributed by atoms with Crippen LogP contribution < -0.4 is 9.64 Å². The van der Waals surface area contributed by atoms with Crippen molar-refractivity contribution in [3.8, 4) is 11.5 Å². The summed E-state index contributed by atoms with van der Waals surface area (Å²) in [5, 5.41) is 0.586. The molecule has 0 spiro atoms. The highest BCUT2D eigenvalue weighted by Gasteiger charge is 2.30. The molecule has 0 amide bonds. The van der Waals surface area contributed by atoms with Gasteiger partial charge in [-0.3, -0.25) is 0 Å². The zero-order chi connectivity index (χ0) is 24.7. The van der Waals surface area contributed by atoms with Crippen molar-refractivity contribution in [2.75, 3.05) is 19.1 Å². The Morgan fingerprint density at radius 2 is 1.86 bits per heavy atom. The lowest BCUT2D eigenvalue weighted by Gasteiger charge is -2.34. The van der Waals surface area contributed by atoms with Crippen molar-refractivity contribution in [2.45, 2.75) is 30.7 Å². The van der Waals surface area contributed by atoms with Gasteiger partial charge in [-0.05, 0) is 55.7 Å². The van der Waals surface area contributed by atoms with Crippen molar-refractivity contribution < 1.29 is 22.7 Å². The Kier molecular flexibility index (Phi) is 5.72. The molecule has 0 fully saturated rings. The zero-order valence-corrected chi connectivity index (χ0v) is 20.5. The normalized spacial score (nSPS) is 15.6. The Balaban J connectivity index is 1.53. The van der Waals surface area contributed by atoms with E-state index in [1.165, 1.54) is 17.3 Å². The first kappa shape index (κ1) is 22.9. The van der Waals surface area contributed by atoms with E-state index >= 15 is 0 Å². The zero-order valence-electron chi connectivity index (χ0n) is 19.6. The third-order valence-electron chi connectivity index (χ3n) is 6.37. The summed E-state index contributed by atoms with van der Waals surface area (Å²) < 4.78 is 39.1. The predicted octanol–water partition coefficient (Wildman–Crippen LogP) is 4.30. The molecule has 1 aliphatic rings. The lowest BCUT2D eigenvalue weighted by molar-refractivity contribution is -0.142. The molecule has 9 heteroatoms. The molecule has 2 aromatic carbocycles. The largest absolute Gasteiger partial charge is 0.467 e. The molecule has 1 atom stereocenters. The predicted molar refractivity (Wildman–Crippen MR) is 133 cm³/mol. The smallest absolute Gasteiger partial charge is 0.328 e. The molecule has 5 rings (SSSR count). The van der Waals surface area contributed by atoms with Gasteiger partial charge in [-0.2, -0.15) is 0 Å². The maximum atomic E-state index is 13.3. The molecule has 0 radical (unpaired) electrons. The Hall–Kier alpha value is -3.85. The third kappa shape index (κ3) is 3.91. The molecule has 180 valence electrons. The van der Waals surface area contributed by atoms with Gasteiger partial charge in [0.15, 0.2) is 5.65 Å². The standard InChI is InChI=1S/C26H25N3O5S/c1-17-15-21-24(13-14-27-25(21)29(17)35(31,32)20-7-5-4-6-8-20)34-19-11-9-18-10-12-22(26(30)33-3)28(2)23(18)16-19/h4-9,11,13-16,22H,10,12H2,1-3H3. The average molecular weight is 492 g/mol. The number of fused-ring (bicyclic) bond motifs is 2. The Labute approximate surface area is 203 Å². The van der Waals surface area contributed by atoms with Crippen LogP contribution in [-0.4, -0.2) is 43.5 Å². The van der Waals surface area contributed by atoms with Crippen molar-refractivity contribution >= 4 is 32.7 Å². The molecule has 8 nitrogen and oxygen atoms in total. The van der Waals surface area contributed by atoms with Gasteiger partial charge in [0.25, 0.3) is 10.0 Å². The number of rotatable bonds is 5. The quantitative estimate of drug-likeness (QED) is 0.385. The number of carbonyl (C=O) groups excluding carboxylic acids is 1. The number of likely N-dealkylation sites (N-methyl/N-ethyl adjacent to an activating group) is 1. The lowest BCUT2D eigenvalue weighted by atomic mass is 9.96. The Morgan fingerprint density at radius 3 is 2.60 bits per heavy atom. The van der Waals surface area contributed by atoms with Gasteiger partial charge in [-0.25, -0.2) is 22.2 Å². The third-order valence-corrected chi connectivity index (χ3v) is 8.18. The van der Waals surface area contributed by atoms with E-state index in [1.807, 2.05) is 30.1 Å². The van der Waals surface area contributed by atoms with Crippen LogP contribution in [0.4, 0.5) is 5.69 Å². The number of hydrogen-bond acceptors (Lipinski definition) is 7. The SMILES string of the molecule is COC(=O)C1CCc2ccc(Oc3ccnc4c3cc(C)n4S(=O)(=O)c3ccccc3)cc2N1C. The van der Waals surface area contributed by atoms with E-state index in [4.69, 9.17) is 9.47 Å². The number of carbonyl (C=O) groups is 1. The minimum absolute atomic E-state index is 0.187. The summed E-state index contributed by atoms with van der Waals surface area (Å²) in [5.74, 6) is 0.796. The number of aryl methyl sites for hydroxylation is 2. The van der Waals surface area contributed by atoms with Gasteiger partial charge in [-0.15, -0.1) is 0 Å². The number of anilines is 1. The van der Waals surface area contributed by atoms with E-state index in [1.54, 1.807) is 49.4 Å². The van der Waals surface area contributed by atoms with Gasteiger partial charge in [0.1, 0.15) is 17.5 Å². The first-order valence-electron chi connectivity index (χ1n) is 11.2. The highest BCUT2D eigenvalue weighted by Crippen LogP contribution is 2.37. The van der Waals surface area contributed by atoms with E-state index in [9.17, 15) is 13.2 Å². The fourth-order valence-corrected chi connectivity index (χ4v) is 6.12. The highest BCUT2D eigenvalue weighted by atomic mass is 32.2. The van der Waals surface area contributed by atoms with Crippen molar-refractivity contribution in [3.63, 3.8) is 0 Å². The molecule has 1 aliphatic heterocycles. The minimum Gasteiger partial charge on any atom is -0.467 e. The number of nitrogens with zero attached hydrogens (tertiary/aromatic N) is 3. The summed E-state index contributed by atoms with van der Waals surface area (Å²) in [4.78, 5) is 18.6. The van der Waals surface area contributed by atoms with Crippen LogP contribution in [0.25, 0.3) is 11.0 Å². The average Bonchev–Trinajstić information content (AvgIpc) is 3.22. The molecular weight excluding hydrogens is 466 g/mol. The number of benzene rings is 2. The van der Waals surface area contributed by atoms with Gasteiger partial charge in [0, 0.05) is 30.7 Å². The summed E-state index contributed by atoms with van der Waals surface area (Å²) in [6.07, 6.45) is 2.98. The molecule has 0 saturated carbocycles. The summed E-state index contributed by atoms with van der Waals surface area (Å²) in [6, 6.07) is 17.1. The van der Waals surface area contributed by atoms with Crippen LogP contribution >= 0.6 is 0 Å². The fraction of sp³-hybridized carbons (Fsp3) is 0.231. The molecule has 1 unspecified atom stereocenters. The first-order chi connectivity index (χ1) is 16.8. The van der Waals surface area contributed by atoms with Gasteiger partial charge >= 0.3 is 5.97 Å². The van der Waals surface area contributed by atoms with Crippen molar-refractivity contribution in [2.24, 2.45) is 0 Å². The summed E-state index contributed by atoms with van der Waals surface area (Å²) in [6.45, 7) is 1.73. The molecular formula is C26H25N3O5S. The van der Waals surface area contributed by atoms with E-state index in [0.29, 0.717) is 34.6 Å². The first-order valence-corrected chi connectivity index (χ1v) is 12.6. The van der Waals surface area contributed by atoms with Crippen LogP contribution in [0.1, 0.15) is 17.7 Å². The maximum Gasteiger partial charge on any atom is 0.328 e. The van der Waals surface area contributed by atoms with Crippen molar-refractivity contribution in [1.82, 2.24) is 8.96 Å². The molecule has 4 aromatic rings. The second-order valence-corrected chi connectivity index (χ2v) is 10.3.